The second-order valence-electron chi connectivity index (χ2n) is 5.55. The third-order valence-corrected chi connectivity index (χ3v) is 3.88. The van der Waals surface area contributed by atoms with Gasteiger partial charge in [0, 0.05) is 5.69 Å². The summed E-state index contributed by atoms with van der Waals surface area (Å²) in [6.07, 6.45) is 2.67. The quantitative estimate of drug-likeness (QED) is 0.710. The number of benzene rings is 2. The smallest absolute Gasteiger partial charge is 0.203 e. The summed E-state index contributed by atoms with van der Waals surface area (Å²) in [7, 11) is 4.85. The van der Waals surface area contributed by atoms with Gasteiger partial charge in [0.25, 0.3) is 0 Å². The van der Waals surface area contributed by atoms with E-state index >= 15 is 0 Å². The topological polar surface area (TPSA) is 39.7 Å². The number of methoxy groups -OCH3 is 3. The van der Waals surface area contributed by atoms with Crippen LogP contribution in [0.3, 0.4) is 0 Å². The van der Waals surface area contributed by atoms with E-state index in [-0.39, 0.29) is 6.04 Å². The molecule has 1 unspecified atom stereocenters. The zero-order valence-corrected chi connectivity index (χ0v) is 14.8. The van der Waals surface area contributed by atoms with Crippen LogP contribution in [0.5, 0.6) is 17.2 Å². The van der Waals surface area contributed by atoms with E-state index in [1.54, 1.807) is 21.3 Å². The molecule has 1 N–H and O–H groups in total. The van der Waals surface area contributed by atoms with Gasteiger partial charge < -0.3 is 19.5 Å². The van der Waals surface area contributed by atoms with Gasteiger partial charge in [0.15, 0.2) is 11.5 Å². The first-order chi connectivity index (χ1) is 11.6. The normalized spacial score (nSPS) is 11.5. The number of anilines is 1. The zero-order chi connectivity index (χ0) is 17.5. The van der Waals surface area contributed by atoms with Crippen molar-refractivity contribution in [3.63, 3.8) is 0 Å². The number of aryl methyl sites for hydroxylation is 1. The SMILES string of the molecule is C=CCC(Nc1ccc(C)cc1)c1cc(OC)c(OC)c(OC)c1. The lowest BCUT2D eigenvalue weighted by molar-refractivity contribution is 0.323. The lowest BCUT2D eigenvalue weighted by Crippen LogP contribution is -2.11. The third kappa shape index (κ3) is 4.02. The first-order valence-electron chi connectivity index (χ1n) is 7.87. The van der Waals surface area contributed by atoms with Crippen molar-refractivity contribution < 1.29 is 14.2 Å². The number of hydrogen-bond donors (Lipinski definition) is 1. The molecule has 0 saturated carbocycles. The van der Waals surface area contributed by atoms with Crippen molar-refractivity contribution in [1.82, 2.24) is 0 Å². The van der Waals surface area contributed by atoms with E-state index in [0.717, 1.165) is 17.7 Å². The van der Waals surface area contributed by atoms with E-state index in [9.17, 15) is 0 Å². The minimum atomic E-state index is 0.0545. The van der Waals surface area contributed by atoms with Crippen LogP contribution >= 0.6 is 0 Å². The van der Waals surface area contributed by atoms with Gasteiger partial charge in [0.05, 0.1) is 27.4 Å². The molecule has 0 bridgehead atoms. The van der Waals surface area contributed by atoms with Crippen molar-refractivity contribution in [3.8, 4) is 17.2 Å². The van der Waals surface area contributed by atoms with E-state index in [4.69, 9.17) is 14.2 Å². The summed E-state index contributed by atoms with van der Waals surface area (Å²) in [5.41, 5.74) is 3.33. The molecule has 0 amide bonds. The molecule has 2 aromatic carbocycles. The lowest BCUT2D eigenvalue weighted by atomic mass is 10.0. The maximum absolute atomic E-state index is 5.46. The maximum Gasteiger partial charge on any atom is 0.203 e. The van der Waals surface area contributed by atoms with Crippen LogP contribution in [0.4, 0.5) is 5.69 Å². The second-order valence-corrected chi connectivity index (χ2v) is 5.55. The van der Waals surface area contributed by atoms with E-state index in [1.807, 2.05) is 18.2 Å². The number of ether oxygens (including phenoxy) is 3. The van der Waals surface area contributed by atoms with Gasteiger partial charge in [-0.1, -0.05) is 23.8 Å². The summed E-state index contributed by atoms with van der Waals surface area (Å²) < 4.78 is 16.3. The molecule has 0 fully saturated rings. The fourth-order valence-electron chi connectivity index (χ4n) is 2.60. The van der Waals surface area contributed by atoms with Crippen LogP contribution in [0.1, 0.15) is 23.6 Å². The number of nitrogens with one attached hydrogen (secondary N) is 1. The monoisotopic (exact) mass is 327 g/mol. The van der Waals surface area contributed by atoms with Crippen molar-refractivity contribution in [1.29, 1.82) is 0 Å². The molecule has 0 aliphatic heterocycles. The molecule has 2 aromatic rings. The highest BCUT2D eigenvalue weighted by Crippen LogP contribution is 2.40. The lowest BCUT2D eigenvalue weighted by Gasteiger charge is -2.22. The Kier molecular flexibility index (Phi) is 6.13. The third-order valence-electron chi connectivity index (χ3n) is 3.88. The highest BCUT2D eigenvalue weighted by Gasteiger charge is 2.18. The van der Waals surface area contributed by atoms with E-state index < -0.39 is 0 Å². The van der Waals surface area contributed by atoms with Gasteiger partial charge >= 0.3 is 0 Å². The molecule has 24 heavy (non-hydrogen) atoms. The Balaban J connectivity index is 2.39. The molecule has 0 aliphatic carbocycles. The van der Waals surface area contributed by atoms with Crippen molar-refractivity contribution >= 4 is 5.69 Å². The van der Waals surface area contributed by atoms with Crippen LogP contribution in [-0.2, 0) is 0 Å². The van der Waals surface area contributed by atoms with Gasteiger partial charge in [-0.2, -0.15) is 0 Å². The van der Waals surface area contributed by atoms with Crippen LogP contribution < -0.4 is 19.5 Å². The average molecular weight is 327 g/mol. The molecule has 1 atom stereocenters. The summed E-state index contributed by atoms with van der Waals surface area (Å²) in [6.45, 7) is 5.95. The Morgan fingerprint density at radius 3 is 2.04 bits per heavy atom. The number of hydrogen-bond acceptors (Lipinski definition) is 4. The van der Waals surface area contributed by atoms with Crippen molar-refractivity contribution in [2.75, 3.05) is 26.6 Å². The highest BCUT2D eigenvalue weighted by atomic mass is 16.5. The first-order valence-corrected chi connectivity index (χ1v) is 7.87. The standard InChI is InChI=1S/C20H25NO3/c1-6-7-17(21-16-10-8-14(2)9-11-16)15-12-18(22-3)20(24-5)19(13-15)23-4/h6,8-13,17,21H,1,7H2,2-5H3. The summed E-state index contributed by atoms with van der Waals surface area (Å²) >= 11 is 0. The minimum absolute atomic E-state index is 0.0545. The summed E-state index contributed by atoms with van der Waals surface area (Å²) in [6, 6.07) is 12.3. The van der Waals surface area contributed by atoms with Gasteiger partial charge in [-0.3, -0.25) is 0 Å². The van der Waals surface area contributed by atoms with Crippen molar-refractivity contribution in [2.24, 2.45) is 0 Å². The van der Waals surface area contributed by atoms with Gasteiger partial charge in [-0.25, -0.2) is 0 Å². The van der Waals surface area contributed by atoms with E-state index in [2.05, 4.69) is 43.1 Å². The Labute approximate surface area is 144 Å². The molecular weight excluding hydrogens is 302 g/mol. The molecule has 0 heterocycles. The molecule has 2 rings (SSSR count). The van der Waals surface area contributed by atoms with Crippen molar-refractivity contribution in [3.05, 3.63) is 60.2 Å². The summed E-state index contributed by atoms with van der Waals surface area (Å²) in [5.74, 6) is 1.88. The van der Waals surface area contributed by atoms with E-state index in [0.29, 0.717) is 17.2 Å². The predicted molar refractivity (Wildman–Crippen MR) is 98.5 cm³/mol. The molecule has 0 spiro atoms. The largest absolute Gasteiger partial charge is 0.493 e. The molecular formula is C20H25NO3. The Morgan fingerprint density at radius 1 is 1.00 bits per heavy atom. The number of rotatable bonds is 8. The molecule has 128 valence electrons. The predicted octanol–water partition coefficient (Wildman–Crippen LogP) is 4.75. The van der Waals surface area contributed by atoms with Gasteiger partial charge in [0.1, 0.15) is 0 Å². The Hall–Kier alpha value is -2.62. The van der Waals surface area contributed by atoms with Gasteiger partial charge in [0.2, 0.25) is 5.75 Å². The maximum atomic E-state index is 5.46. The molecule has 0 radical (unpaired) electrons. The summed E-state index contributed by atoms with van der Waals surface area (Å²) in [4.78, 5) is 0. The van der Waals surface area contributed by atoms with Crippen LogP contribution in [0.2, 0.25) is 0 Å². The van der Waals surface area contributed by atoms with Crippen LogP contribution in [0.15, 0.2) is 49.1 Å². The Bertz CT molecular complexity index is 655. The first kappa shape index (κ1) is 17.7. The minimum Gasteiger partial charge on any atom is -0.493 e. The fraction of sp³-hybridized carbons (Fsp3) is 0.300. The van der Waals surface area contributed by atoms with Crippen LogP contribution in [-0.4, -0.2) is 21.3 Å². The molecule has 4 nitrogen and oxygen atoms in total. The van der Waals surface area contributed by atoms with Crippen LogP contribution in [0.25, 0.3) is 0 Å². The fourth-order valence-corrected chi connectivity index (χ4v) is 2.60. The molecule has 0 aromatic heterocycles. The second kappa shape index (κ2) is 8.29. The van der Waals surface area contributed by atoms with E-state index in [1.165, 1.54) is 5.56 Å². The summed E-state index contributed by atoms with van der Waals surface area (Å²) in [5, 5.41) is 3.54. The molecule has 4 heteroatoms. The van der Waals surface area contributed by atoms with Crippen LogP contribution in [0, 0.1) is 6.92 Å². The zero-order valence-electron chi connectivity index (χ0n) is 14.8. The Morgan fingerprint density at radius 2 is 1.58 bits per heavy atom. The molecule has 0 aliphatic rings. The van der Waals surface area contributed by atoms with Gasteiger partial charge in [-0.15, -0.1) is 6.58 Å². The highest BCUT2D eigenvalue weighted by molar-refractivity contribution is 5.56. The van der Waals surface area contributed by atoms with Crippen molar-refractivity contribution in [2.45, 2.75) is 19.4 Å². The van der Waals surface area contributed by atoms with Gasteiger partial charge in [-0.05, 0) is 43.2 Å². The average Bonchev–Trinajstić information content (AvgIpc) is 2.61. The molecule has 0 saturated heterocycles.